The van der Waals surface area contributed by atoms with Gasteiger partial charge in [-0.3, -0.25) is 14.3 Å². The lowest BCUT2D eigenvalue weighted by molar-refractivity contribution is -0.120. The van der Waals surface area contributed by atoms with Crippen LogP contribution in [0.3, 0.4) is 0 Å². The zero-order valence-corrected chi connectivity index (χ0v) is 15.3. The summed E-state index contributed by atoms with van der Waals surface area (Å²) in [6, 6.07) is 5.30. The topological polar surface area (TPSA) is 99.2 Å². The summed E-state index contributed by atoms with van der Waals surface area (Å²) >= 11 is 6.18. The molecule has 2 heterocycles. The Bertz CT molecular complexity index is 834. The average Bonchev–Trinajstić information content (AvgIpc) is 3.05. The molecule has 1 aromatic carbocycles. The molecule has 7 nitrogen and oxygen atoms in total. The van der Waals surface area contributed by atoms with E-state index in [1.54, 1.807) is 25.3 Å². The summed E-state index contributed by atoms with van der Waals surface area (Å²) in [5, 5.41) is 7.65. The number of amides is 2. The minimum absolute atomic E-state index is 0.120. The molecule has 1 aliphatic heterocycles. The molecule has 26 heavy (non-hydrogen) atoms. The molecule has 1 aromatic heterocycles. The number of methoxy groups -OCH3 is 1. The number of carbonyl (C=O) groups excluding carboxylic acids is 2. The van der Waals surface area contributed by atoms with E-state index in [1.807, 2.05) is 4.68 Å². The highest BCUT2D eigenvalue weighted by molar-refractivity contribution is 6.31. The van der Waals surface area contributed by atoms with Crippen molar-refractivity contribution < 1.29 is 14.3 Å². The van der Waals surface area contributed by atoms with Crippen molar-refractivity contribution in [2.45, 2.75) is 25.8 Å². The van der Waals surface area contributed by atoms with E-state index in [0.717, 1.165) is 12.1 Å². The first-order chi connectivity index (χ1) is 12.5. The number of fused-ring (bicyclic) bond motifs is 1. The van der Waals surface area contributed by atoms with Gasteiger partial charge in [-0.25, -0.2) is 0 Å². The molecule has 8 heteroatoms. The fourth-order valence-corrected chi connectivity index (χ4v) is 3.49. The maximum Gasteiger partial charge on any atom is 0.252 e. The standard InChI is InChI=1S/C18H21ClN4O3/c1-26-16-4-2-3-14(19)12(16)8-17(24)21-9-11-5-6-23-15(7-11)13(10-22-23)18(20)25/h2-4,10-11H,5-9H2,1H3,(H2,20,25)(H,21,24). The van der Waals surface area contributed by atoms with Gasteiger partial charge in [-0.2, -0.15) is 5.10 Å². The summed E-state index contributed by atoms with van der Waals surface area (Å²) in [4.78, 5) is 23.8. The highest BCUT2D eigenvalue weighted by Crippen LogP contribution is 2.27. The highest BCUT2D eigenvalue weighted by Gasteiger charge is 2.24. The molecule has 1 aliphatic rings. The van der Waals surface area contributed by atoms with Crippen molar-refractivity contribution in [3.05, 3.63) is 46.2 Å². The number of halogens is 1. The quantitative estimate of drug-likeness (QED) is 0.799. The number of aromatic nitrogens is 2. The summed E-state index contributed by atoms with van der Waals surface area (Å²) in [5.41, 5.74) is 7.37. The second-order valence-electron chi connectivity index (χ2n) is 6.35. The van der Waals surface area contributed by atoms with Gasteiger partial charge in [-0.05, 0) is 30.9 Å². The number of hydrogen-bond acceptors (Lipinski definition) is 4. The lowest BCUT2D eigenvalue weighted by Gasteiger charge is -2.24. The van der Waals surface area contributed by atoms with Gasteiger partial charge in [-0.15, -0.1) is 0 Å². The lowest BCUT2D eigenvalue weighted by atomic mass is 9.94. The van der Waals surface area contributed by atoms with Crippen LogP contribution in [0.15, 0.2) is 24.4 Å². The van der Waals surface area contributed by atoms with Crippen LogP contribution in [-0.4, -0.2) is 35.2 Å². The van der Waals surface area contributed by atoms with E-state index in [-0.39, 0.29) is 18.2 Å². The Hall–Kier alpha value is -2.54. The van der Waals surface area contributed by atoms with Crippen molar-refractivity contribution in [2.24, 2.45) is 11.7 Å². The van der Waals surface area contributed by atoms with E-state index in [9.17, 15) is 9.59 Å². The molecule has 0 spiro atoms. The van der Waals surface area contributed by atoms with Crippen LogP contribution in [0.4, 0.5) is 0 Å². The van der Waals surface area contributed by atoms with E-state index < -0.39 is 5.91 Å². The average molecular weight is 377 g/mol. The third kappa shape index (κ3) is 3.83. The monoisotopic (exact) mass is 376 g/mol. The van der Waals surface area contributed by atoms with Gasteiger partial charge < -0.3 is 15.8 Å². The Morgan fingerprint density at radius 3 is 3.00 bits per heavy atom. The number of nitrogens with zero attached hydrogens (tertiary/aromatic N) is 2. The van der Waals surface area contributed by atoms with Crippen molar-refractivity contribution in [1.29, 1.82) is 0 Å². The van der Waals surface area contributed by atoms with E-state index in [0.29, 0.717) is 41.4 Å². The van der Waals surface area contributed by atoms with Crippen molar-refractivity contribution in [3.63, 3.8) is 0 Å². The second kappa shape index (κ2) is 7.78. The molecule has 2 aromatic rings. The summed E-state index contributed by atoms with van der Waals surface area (Å²) in [7, 11) is 1.55. The molecule has 2 amide bonds. The van der Waals surface area contributed by atoms with Crippen molar-refractivity contribution in [1.82, 2.24) is 15.1 Å². The molecule has 0 bridgehead atoms. The molecule has 3 N–H and O–H groups in total. The SMILES string of the molecule is COc1cccc(Cl)c1CC(=O)NCC1CCn2ncc(C(N)=O)c2C1. The molecule has 1 unspecified atom stereocenters. The first-order valence-electron chi connectivity index (χ1n) is 8.42. The third-order valence-corrected chi connectivity index (χ3v) is 5.02. The van der Waals surface area contributed by atoms with Crippen LogP contribution in [0.5, 0.6) is 5.75 Å². The van der Waals surface area contributed by atoms with Gasteiger partial charge in [-0.1, -0.05) is 17.7 Å². The van der Waals surface area contributed by atoms with Gasteiger partial charge in [0, 0.05) is 23.7 Å². The smallest absolute Gasteiger partial charge is 0.252 e. The van der Waals surface area contributed by atoms with E-state index in [1.165, 1.54) is 6.20 Å². The number of carbonyl (C=O) groups is 2. The number of benzene rings is 1. The van der Waals surface area contributed by atoms with Gasteiger partial charge in [0.2, 0.25) is 5.91 Å². The number of hydrogen-bond donors (Lipinski definition) is 2. The Balaban J connectivity index is 1.59. The molecule has 0 fully saturated rings. The van der Waals surface area contributed by atoms with Crippen molar-refractivity contribution in [3.8, 4) is 5.75 Å². The summed E-state index contributed by atoms with van der Waals surface area (Å²) in [6.45, 7) is 1.23. The largest absolute Gasteiger partial charge is 0.496 e. The van der Waals surface area contributed by atoms with Gasteiger partial charge in [0.25, 0.3) is 5.91 Å². The molecule has 0 radical (unpaired) electrons. The second-order valence-corrected chi connectivity index (χ2v) is 6.76. The molecule has 0 aliphatic carbocycles. The molecule has 3 rings (SSSR count). The van der Waals surface area contributed by atoms with Crippen LogP contribution in [0.1, 0.15) is 28.0 Å². The zero-order valence-electron chi connectivity index (χ0n) is 14.5. The van der Waals surface area contributed by atoms with Gasteiger partial charge in [0.1, 0.15) is 5.75 Å². The Morgan fingerprint density at radius 2 is 2.27 bits per heavy atom. The fraction of sp³-hybridized carbons (Fsp3) is 0.389. The first-order valence-corrected chi connectivity index (χ1v) is 8.80. The molecule has 0 saturated heterocycles. The Morgan fingerprint density at radius 1 is 1.46 bits per heavy atom. The Kier molecular flexibility index (Phi) is 5.46. The third-order valence-electron chi connectivity index (χ3n) is 4.67. The van der Waals surface area contributed by atoms with Gasteiger partial charge in [0.05, 0.1) is 31.0 Å². The number of ether oxygens (including phenoxy) is 1. The predicted molar refractivity (Wildman–Crippen MR) is 97.3 cm³/mol. The normalized spacial score (nSPS) is 16.0. The van der Waals surface area contributed by atoms with Crippen LogP contribution < -0.4 is 15.8 Å². The van der Waals surface area contributed by atoms with E-state index in [2.05, 4.69) is 10.4 Å². The Labute approximate surface area is 156 Å². The van der Waals surface area contributed by atoms with Gasteiger partial charge in [0.15, 0.2) is 0 Å². The maximum atomic E-state index is 12.3. The van der Waals surface area contributed by atoms with Crippen molar-refractivity contribution >= 4 is 23.4 Å². The zero-order chi connectivity index (χ0) is 18.7. The summed E-state index contributed by atoms with van der Waals surface area (Å²) in [5.74, 6) is 0.238. The minimum atomic E-state index is -0.471. The highest BCUT2D eigenvalue weighted by atomic mass is 35.5. The summed E-state index contributed by atoms with van der Waals surface area (Å²) < 4.78 is 7.08. The van der Waals surface area contributed by atoms with Crippen LogP contribution in [0.25, 0.3) is 0 Å². The predicted octanol–water partition coefficient (Wildman–Crippen LogP) is 1.57. The number of aryl methyl sites for hydroxylation is 1. The number of rotatable bonds is 6. The van der Waals surface area contributed by atoms with Crippen LogP contribution in [0.2, 0.25) is 5.02 Å². The molecular formula is C18H21ClN4O3. The number of primary amides is 1. The van der Waals surface area contributed by atoms with Crippen LogP contribution >= 0.6 is 11.6 Å². The molecule has 1 atom stereocenters. The maximum absolute atomic E-state index is 12.3. The van der Waals surface area contributed by atoms with Crippen LogP contribution in [0, 0.1) is 5.92 Å². The minimum Gasteiger partial charge on any atom is -0.496 e. The molecule has 138 valence electrons. The van der Waals surface area contributed by atoms with Crippen molar-refractivity contribution in [2.75, 3.05) is 13.7 Å². The fourth-order valence-electron chi connectivity index (χ4n) is 3.26. The first kappa shape index (κ1) is 18.3. The molecule has 0 saturated carbocycles. The molecular weight excluding hydrogens is 356 g/mol. The van der Waals surface area contributed by atoms with E-state index in [4.69, 9.17) is 22.1 Å². The summed E-state index contributed by atoms with van der Waals surface area (Å²) in [6.07, 6.45) is 3.21. The van der Waals surface area contributed by atoms with Gasteiger partial charge >= 0.3 is 0 Å². The lowest BCUT2D eigenvalue weighted by Crippen LogP contribution is -2.34. The van der Waals surface area contributed by atoms with E-state index >= 15 is 0 Å². The van der Waals surface area contributed by atoms with Crippen LogP contribution in [-0.2, 0) is 24.2 Å². The number of nitrogens with two attached hydrogens (primary N) is 1. The number of nitrogens with one attached hydrogen (secondary N) is 1.